The average molecular weight is 460 g/mol. The predicted molar refractivity (Wildman–Crippen MR) is 113 cm³/mol. The van der Waals surface area contributed by atoms with Crippen LogP contribution in [0.5, 0.6) is 5.75 Å². The molecule has 7 nitrogen and oxygen atoms in total. The first-order valence-corrected chi connectivity index (χ1v) is 10.4. The molecular weight excluding hydrogens is 438 g/mol. The summed E-state index contributed by atoms with van der Waals surface area (Å²) in [6.07, 6.45) is 1.75. The van der Waals surface area contributed by atoms with E-state index in [4.69, 9.17) is 4.74 Å². The quantitative estimate of drug-likeness (QED) is 0.730. The Morgan fingerprint density at radius 1 is 1.21 bits per heavy atom. The van der Waals surface area contributed by atoms with Crippen molar-refractivity contribution in [3.63, 3.8) is 0 Å². The summed E-state index contributed by atoms with van der Waals surface area (Å²) in [7, 11) is 0. The zero-order chi connectivity index (χ0) is 20.6. The molecule has 3 amide bonds. The normalized spacial score (nSPS) is 21.0. The predicted octanol–water partition coefficient (Wildman–Crippen LogP) is 3.67. The number of amides is 3. The first kappa shape index (κ1) is 19.7. The van der Waals surface area contributed by atoms with Gasteiger partial charge in [0.05, 0.1) is 12.3 Å². The zero-order valence-corrected chi connectivity index (χ0v) is 17.6. The Morgan fingerprint density at radius 3 is 2.55 bits per heavy atom. The highest BCUT2D eigenvalue weighted by molar-refractivity contribution is 9.10. The summed E-state index contributed by atoms with van der Waals surface area (Å²) in [6, 6.07) is 11.3. The number of anilines is 2. The van der Waals surface area contributed by atoms with Gasteiger partial charge in [-0.3, -0.25) is 9.69 Å². The molecule has 0 saturated carbocycles. The molecule has 1 saturated heterocycles. The summed E-state index contributed by atoms with van der Waals surface area (Å²) in [5.74, 6) is 0.143. The van der Waals surface area contributed by atoms with Gasteiger partial charge < -0.3 is 20.1 Å². The van der Waals surface area contributed by atoms with Gasteiger partial charge in [0, 0.05) is 28.8 Å². The van der Waals surface area contributed by atoms with Gasteiger partial charge in [-0.2, -0.15) is 0 Å². The van der Waals surface area contributed by atoms with Gasteiger partial charge in [0.15, 0.2) is 0 Å². The van der Waals surface area contributed by atoms with E-state index in [0.29, 0.717) is 46.9 Å². The Morgan fingerprint density at radius 2 is 1.90 bits per heavy atom. The number of hydrogen-bond donors (Lipinski definition) is 2. The van der Waals surface area contributed by atoms with E-state index in [2.05, 4.69) is 21.2 Å². The van der Waals surface area contributed by atoms with Crippen molar-refractivity contribution in [2.45, 2.75) is 25.5 Å². The van der Waals surface area contributed by atoms with Gasteiger partial charge >= 0.3 is 6.03 Å². The molecule has 0 aliphatic carbocycles. The van der Waals surface area contributed by atoms with Crippen LogP contribution in [-0.4, -0.2) is 41.6 Å². The molecule has 2 aromatic carbocycles. The number of benzene rings is 2. The van der Waals surface area contributed by atoms with Gasteiger partial charge in [-0.1, -0.05) is 15.9 Å². The van der Waals surface area contributed by atoms with E-state index in [9.17, 15) is 14.7 Å². The second-order valence-corrected chi connectivity index (χ2v) is 7.97. The number of hydrogen-bond acceptors (Lipinski definition) is 4. The van der Waals surface area contributed by atoms with Crippen LogP contribution in [0.4, 0.5) is 16.2 Å². The third kappa shape index (κ3) is 3.36. The first-order chi connectivity index (χ1) is 13.9. The van der Waals surface area contributed by atoms with Gasteiger partial charge in [-0.15, -0.1) is 0 Å². The lowest BCUT2D eigenvalue weighted by atomic mass is 9.94. The number of rotatable bonds is 4. The Balaban J connectivity index is 1.85. The van der Waals surface area contributed by atoms with Crippen LogP contribution in [0, 0.1) is 0 Å². The summed E-state index contributed by atoms with van der Waals surface area (Å²) in [4.78, 5) is 29.3. The number of fused-ring (bicyclic) bond motifs is 1. The van der Waals surface area contributed by atoms with E-state index in [1.165, 1.54) is 0 Å². The molecule has 152 valence electrons. The maximum Gasteiger partial charge on any atom is 0.329 e. The highest BCUT2D eigenvalue weighted by atomic mass is 79.9. The minimum atomic E-state index is -2.15. The number of aliphatic hydroxyl groups is 1. The molecule has 2 heterocycles. The Kier molecular flexibility index (Phi) is 5.23. The minimum Gasteiger partial charge on any atom is -0.494 e. The number of urea groups is 1. The number of halogens is 1. The third-order valence-corrected chi connectivity index (χ3v) is 5.72. The standard InChI is InChI=1S/C21H22BrN3O4/c1-2-29-16-8-6-15(7-9-16)25-20(27)23-18-10-5-14(22)13-17(18)21(25,28)19(26)24-11-3-4-12-24/h5-10,13,28H,2-4,11-12H2,1H3,(H,23,27). The van der Waals surface area contributed by atoms with Crippen molar-refractivity contribution in [2.75, 3.05) is 29.9 Å². The maximum atomic E-state index is 13.5. The summed E-state index contributed by atoms with van der Waals surface area (Å²) < 4.78 is 6.17. The second-order valence-electron chi connectivity index (χ2n) is 7.05. The lowest BCUT2D eigenvalue weighted by Gasteiger charge is -2.44. The molecule has 29 heavy (non-hydrogen) atoms. The van der Waals surface area contributed by atoms with Gasteiger partial charge in [0.1, 0.15) is 5.75 Å². The molecule has 0 aromatic heterocycles. The highest BCUT2D eigenvalue weighted by Crippen LogP contribution is 2.42. The van der Waals surface area contributed by atoms with Crippen LogP contribution in [0.1, 0.15) is 25.3 Å². The van der Waals surface area contributed by atoms with Gasteiger partial charge in [0.2, 0.25) is 0 Å². The lowest BCUT2D eigenvalue weighted by molar-refractivity contribution is -0.150. The van der Waals surface area contributed by atoms with E-state index in [-0.39, 0.29) is 0 Å². The molecule has 1 fully saturated rings. The smallest absolute Gasteiger partial charge is 0.329 e. The van der Waals surface area contributed by atoms with Crippen LogP contribution in [0.25, 0.3) is 0 Å². The molecule has 8 heteroatoms. The van der Waals surface area contributed by atoms with Crippen molar-refractivity contribution in [3.05, 3.63) is 52.5 Å². The molecule has 2 N–H and O–H groups in total. The maximum absolute atomic E-state index is 13.5. The van der Waals surface area contributed by atoms with E-state index >= 15 is 0 Å². The molecular formula is C21H22BrN3O4. The first-order valence-electron chi connectivity index (χ1n) is 9.61. The molecule has 1 unspecified atom stereocenters. The molecule has 0 bridgehead atoms. The summed E-state index contributed by atoms with van der Waals surface area (Å²) in [5, 5.41) is 14.6. The van der Waals surface area contributed by atoms with Crippen molar-refractivity contribution >= 4 is 39.2 Å². The third-order valence-electron chi connectivity index (χ3n) is 5.22. The van der Waals surface area contributed by atoms with Crippen molar-refractivity contribution in [1.29, 1.82) is 0 Å². The topological polar surface area (TPSA) is 82.1 Å². The van der Waals surface area contributed by atoms with Crippen LogP contribution < -0.4 is 15.0 Å². The largest absolute Gasteiger partial charge is 0.494 e. The average Bonchev–Trinajstić information content (AvgIpc) is 3.24. The monoisotopic (exact) mass is 459 g/mol. The molecule has 0 spiro atoms. The number of carbonyl (C=O) groups excluding carboxylic acids is 2. The SMILES string of the molecule is CCOc1ccc(N2C(=O)Nc3ccc(Br)cc3C2(O)C(=O)N2CCCC2)cc1. The molecule has 2 aliphatic heterocycles. The summed E-state index contributed by atoms with van der Waals surface area (Å²) in [6.45, 7) is 3.52. The Bertz CT molecular complexity index is 943. The number of carbonyl (C=O) groups is 2. The number of nitrogens with zero attached hydrogens (tertiary/aromatic N) is 2. The van der Waals surface area contributed by atoms with Crippen LogP contribution in [0.3, 0.4) is 0 Å². The van der Waals surface area contributed by atoms with Gasteiger partial charge in [-0.25, -0.2) is 4.79 Å². The summed E-state index contributed by atoms with van der Waals surface area (Å²) in [5.41, 5.74) is -1.02. The number of nitrogens with one attached hydrogen (secondary N) is 1. The van der Waals surface area contributed by atoms with Gasteiger partial charge in [0.25, 0.3) is 11.6 Å². The minimum absolute atomic E-state index is 0.331. The lowest BCUT2D eigenvalue weighted by Crippen LogP contribution is -2.62. The van der Waals surface area contributed by atoms with Crippen molar-refractivity contribution in [2.24, 2.45) is 0 Å². The number of likely N-dealkylation sites (tertiary alicyclic amines) is 1. The molecule has 0 radical (unpaired) electrons. The van der Waals surface area contributed by atoms with E-state index < -0.39 is 17.7 Å². The fraction of sp³-hybridized carbons (Fsp3) is 0.333. The van der Waals surface area contributed by atoms with Gasteiger partial charge in [-0.05, 0) is 62.2 Å². The summed E-state index contributed by atoms with van der Waals surface area (Å²) >= 11 is 3.41. The molecule has 2 aliphatic rings. The van der Waals surface area contributed by atoms with Crippen LogP contribution >= 0.6 is 15.9 Å². The molecule has 4 rings (SSSR count). The second kappa shape index (κ2) is 7.68. The zero-order valence-electron chi connectivity index (χ0n) is 16.0. The fourth-order valence-electron chi connectivity index (χ4n) is 3.87. The van der Waals surface area contributed by atoms with E-state index in [1.807, 2.05) is 6.92 Å². The van der Waals surface area contributed by atoms with Crippen LogP contribution in [-0.2, 0) is 10.5 Å². The molecule has 1 atom stereocenters. The molecule has 2 aromatic rings. The number of ether oxygens (including phenoxy) is 1. The van der Waals surface area contributed by atoms with Crippen molar-refractivity contribution in [3.8, 4) is 5.75 Å². The van der Waals surface area contributed by atoms with Crippen molar-refractivity contribution < 1.29 is 19.4 Å². The highest BCUT2D eigenvalue weighted by Gasteiger charge is 2.54. The van der Waals surface area contributed by atoms with Crippen molar-refractivity contribution in [1.82, 2.24) is 4.90 Å². The Labute approximate surface area is 177 Å². The van der Waals surface area contributed by atoms with E-state index in [1.54, 1.807) is 47.4 Å². The Hall–Kier alpha value is -2.58. The van der Waals surface area contributed by atoms with E-state index in [0.717, 1.165) is 17.7 Å². The van der Waals surface area contributed by atoms with Crippen LogP contribution in [0.15, 0.2) is 46.9 Å². The van der Waals surface area contributed by atoms with Crippen LogP contribution in [0.2, 0.25) is 0 Å². The fourth-order valence-corrected chi connectivity index (χ4v) is 4.23.